The van der Waals surface area contributed by atoms with E-state index in [9.17, 15) is 9.90 Å². The molecule has 1 aromatic carbocycles. The number of anilines is 1. The van der Waals surface area contributed by atoms with Crippen LogP contribution in [-0.4, -0.2) is 11.0 Å². The van der Waals surface area contributed by atoms with E-state index in [1.807, 2.05) is 13.8 Å². The molecule has 0 aliphatic heterocycles. The van der Waals surface area contributed by atoms with Gasteiger partial charge in [-0.3, -0.25) is 4.79 Å². The molecule has 2 N–H and O–H groups in total. The van der Waals surface area contributed by atoms with E-state index >= 15 is 0 Å². The SMILES string of the molecule is CCC(C)CC(=O)Nc1ccc(Cl)c(O)c1. The molecule has 0 spiro atoms. The summed E-state index contributed by atoms with van der Waals surface area (Å²) in [5.74, 6) is 0.292. The van der Waals surface area contributed by atoms with Crippen LogP contribution in [0.3, 0.4) is 0 Å². The molecule has 0 bridgehead atoms. The summed E-state index contributed by atoms with van der Waals surface area (Å²) in [5.41, 5.74) is 0.565. The summed E-state index contributed by atoms with van der Waals surface area (Å²) < 4.78 is 0. The second kappa shape index (κ2) is 5.75. The Morgan fingerprint density at radius 3 is 2.81 bits per heavy atom. The van der Waals surface area contributed by atoms with Gasteiger partial charge in [0.25, 0.3) is 0 Å². The van der Waals surface area contributed by atoms with E-state index in [2.05, 4.69) is 5.32 Å². The Bertz CT molecular complexity index is 379. The number of benzene rings is 1. The fourth-order valence-corrected chi connectivity index (χ4v) is 1.38. The Kier molecular flexibility index (Phi) is 4.62. The van der Waals surface area contributed by atoms with Crippen LogP contribution in [0.2, 0.25) is 5.02 Å². The molecule has 4 heteroatoms. The first-order valence-electron chi connectivity index (χ1n) is 5.31. The number of rotatable bonds is 4. The zero-order valence-corrected chi connectivity index (χ0v) is 10.2. The number of carbonyl (C=O) groups is 1. The van der Waals surface area contributed by atoms with Crippen LogP contribution in [-0.2, 0) is 4.79 Å². The zero-order valence-electron chi connectivity index (χ0n) is 9.46. The van der Waals surface area contributed by atoms with Gasteiger partial charge in [0, 0.05) is 18.2 Å². The van der Waals surface area contributed by atoms with Crippen LogP contribution in [0.5, 0.6) is 5.75 Å². The highest BCUT2D eigenvalue weighted by Gasteiger charge is 2.08. The number of hydrogen-bond acceptors (Lipinski definition) is 2. The fraction of sp³-hybridized carbons (Fsp3) is 0.417. The fourth-order valence-electron chi connectivity index (χ4n) is 1.26. The van der Waals surface area contributed by atoms with Crippen molar-refractivity contribution >= 4 is 23.2 Å². The maximum Gasteiger partial charge on any atom is 0.224 e. The molecule has 0 saturated heterocycles. The molecule has 1 unspecified atom stereocenters. The third-order valence-corrected chi connectivity index (χ3v) is 2.78. The molecular weight excluding hydrogens is 226 g/mol. The molecule has 0 radical (unpaired) electrons. The lowest BCUT2D eigenvalue weighted by atomic mass is 10.1. The topological polar surface area (TPSA) is 49.3 Å². The molecule has 1 amide bonds. The monoisotopic (exact) mass is 241 g/mol. The number of carbonyl (C=O) groups excluding carboxylic acids is 1. The second-order valence-electron chi connectivity index (χ2n) is 3.93. The van der Waals surface area contributed by atoms with Crippen molar-refractivity contribution in [3.63, 3.8) is 0 Å². The van der Waals surface area contributed by atoms with Crippen LogP contribution >= 0.6 is 11.6 Å². The number of halogens is 1. The normalized spacial score (nSPS) is 12.2. The predicted molar refractivity (Wildman–Crippen MR) is 65.8 cm³/mol. The molecule has 0 heterocycles. The average molecular weight is 242 g/mol. The van der Waals surface area contributed by atoms with Gasteiger partial charge in [-0.2, -0.15) is 0 Å². The number of hydrogen-bond donors (Lipinski definition) is 2. The first-order valence-corrected chi connectivity index (χ1v) is 5.69. The summed E-state index contributed by atoms with van der Waals surface area (Å²) in [6.07, 6.45) is 1.46. The predicted octanol–water partition coefficient (Wildman–Crippen LogP) is 3.42. The van der Waals surface area contributed by atoms with Gasteiger partial charge in [-0.25, -0.2) is 0 Å². The molecule has 1 aromatic rings. The highest BCUT2D eigenvalue weighted by atomic mass is 35.5. The number of nitrogens with one attached hydrogen (secondary N) is 1. The standard InChI is InChI=1S/C12H16ClNO2/c1-3-8(2)6-12(16)14-9-4-5-10(13)11(15)7-9/h4-5,7-8,15H,3,6H2,1-2H3,(H,14,16). The molecule has 0 fully saturated rings. The Labute approximate surface area is 100 Å². The quantitative estimate of drug-likeness (QED) is 0.849. The van der Waals surface area contributed by atoms with Crippen LogP contribution in [0.1, 0.15) is 26.7 Å². The van der Waals surface area contributed by atoms with E-state index in [0.717, 1.165) is 6.42 Å². The first-order chi connectivity index (χ1) is 7.52. The van der Waals surface area contributed by atoms with Gasteiger partial charge in [0.2, 0.25) is 5.91 Å². The highest BCUT2D eigenvalue weighted by molar-refractivity contribution is 6.32. The summed E-state index contributed by atoms with van der Waals surface area (Å²) in [6, 6.07) is 4.66. The lowest BCUT2D eigenvalue weighted by Crippen LogP contribution is -2.14. The molecule has 16 heavy (non-hydrogen) atoms. The van der Waals surface area contributed by atoms with Gasteiger partial charge in [-0.05, 0) is 18.1 Å². The van der Waals surface area contributed by atoms with Crippen molar-refractivity contribution in [3.05, 3.63) is 23.2 Å². The van der Waals surface area contributed by atoms with Crippen LogP contribution in [0, 0.1) is 5.92 Å². The van der Waals surface area contributed by atoms with E-state index in [1.165, 1.54) is 6.07 Å². The van der Waals surface area contributed by atoms with Gasteiger partial charge in [-0.1, -0.05) is 31.9 Å². The van der Waals surface area contributed by atoms with Crippen molar-refractivity contribution in [3.8, 4) is 5.75 Å². The minimum Gasteiger partial charge on any atom is -0.506 e. The summed E-state index contributed by atoms with van der Waals surface area (Å²) in [5, 5.41) is 12.4. The highest BCUT2D eigenvalue weighted by Crippen LogP contribution is 2.26. The molecule has 88 valence electrons. The van der Waals surface area contributed by atoms with E-state index in [1.54, 1.807) is 12.1 Å². The van der Waals surface area contributed by atoms with Crippen molar-refractivity contribution in [2.24, 2.45) is 5.92 Å². The van der Waals surface area contributed by atoms with Crippen LogP contribution < -0.4 is 5.32 Å². The van der Waals surface area contributed by atoms with Gasteiger partial charge in [0.05, 0.1) is 5.02 Å². The number of phenols is 1. The molecule has 0 aromatic heterocycles. The van der Waals surface area contributed by atoms with Gasteiger partial charge in [-0.15, -0.1) is 0 Å². The Hall–Kier alpha value is -1.22. The molecule has 1 rings (SSSR count). The van der Waals surface area contributed by atoms with Crippen LogP contribution in [0.4, 0.5) is 5.69 Å². The van der Waals surface area contributed by atoms with Crippen molar-refractivity contribution in [1.82, 2.24) is 0 Å². The third-order valence-electron chi connectivity index (χ3n) is 2.46. The molecule has 0 saturated carbocycles. The van der Waals surface area contributed by atoms with E-state index in [0.29, 0.717) is 18.0 Å². The summed E-state index contributed by atoms with van der Waals surface area (Å²) in [4.78, 5) is 11.6. The molecular formula is C12H16ClNO2. The third kappa shape index (κ3) is 3.74. The molecule has 0 aliphatic carbocycles. The van der Waals surface area contributed by atoms with E-state index < -0.39 is 0 Å². The zero-order chi connectivity index (χ0) is 12.1. The van der Waals surface area contributed by atoms with Gasteiger partial charge in [0.15, 0.2) is 0 Å². The van der Waals surface area contributed by atoms with E-state index in [4.69, 9.17) is 11.6 Å². The largest absolute Gasteiger partial charge is 0.506 e. The average Bonchev–Trinajstić information content (AvgIpc) is 2.23. The molecule has 0 aliphatic rings. The summed E-state index contributed by atoms with van der Waals surface area (Å²) in [7, 11) is 0. The minimum atomic E-state index is -0.0453. The number of aromatic hydroxyl groups is 1. The van der Waals surface area contributed by atoms with Crippen molar-refractivity contribution in [2.45, 2.75) is 26.7 Å². The van der Waals surface area contributed by atoms with Crippen LogP contribution in [0.25, 0.3) is 0 Å². The smallest absolute Gasteiger partial charge is 0.224 e. The maximum atomic E-state index is 11.6. The van der Waals surface area contributed by atoms with Crippen molar-refractivity contribution in [2.75, 3.05) is 5.32 Å². The summed E-state index contributed by atoms with van der Waals surface area (Å²) >= 11 is 5.66. The Morgan fingerprint density at radius 1 is 1.56 bits per heavy atom. The Morgan fingerprint density at radius 2 is 2.25 bits per heavy atom. The maximum absolute atomic E-state index is 11.6. The second-order valence-corrected chi connectivity index (χ2v) is 4.34. The van der Waals surface area contributed by atoms with Crippen LogP contribution in [0.15, 0.2) is 18.2 Å². The lowest BCUT2D eigenvalue weighted by Gasteiger charge is -2.09. The van der Waals surface area contributed by atoms with E-state index in [-0.39, 0.29) is 16.7 Å². The lowest BCUT2D eigenvalue weighted by molar-refractivity contribution is -0.117. The molecule has 3 nitrogen and oxygen atoms in total. The first kappa shape index (κ1) is 12.8. The Balaban J connectivity index is 2.59. The van der Waals surface area contributed by atoms with Crippen molar-refractivity contribution in [1.29, 1.82) is 0 Å². The number of phenolic OH excluding ortho intramolecular Hbond substituents is 1. The minimum absolute atomic E-state index is 0.0250. The molecule has 1 atom stereocenters. The summed E-state index contributed by atoms with van der Waals surface area (Å²) in [6.45, 7) is 4.07. The van der Waals surface area contributed by atoms with Crippen molar-refractivity contribution < 1.29 is 9.90 Å². The van der Waals surface area contributed by atoms with Gasteiger partial charge >= 0.3 is 0 Å². The van der Waals surface area contributed by atoms with Gasteiger partial charge in [0.1, 0.15) is 5.75 Å². The van der Waals surface area contributed by atoms with Gasteiger partial charge < -0.3 is 10.4 Å². The number of amides is 1.